The molecule has 0 bridgehead atoms. The van der Waals surface area contributed by atoms with Gasteiger partial charge in [-0.2, -0.15) is 8.78 Å². The van der Waals surface area contributed by atoms with E-state index < -0.39 is 6.61 Å². The normalized spacial score (nSPS) is 15.2. The number of ether oxygens (including phenoxy) is 3. The second kappa shape index (κ2) is 5.89. The van der Waals surface area contributed by atoms with Gasteiger partial charge in [-0.3, -0.25) is 4.90 Å². The Morgan fingerprint density at radius 3 is 2.52 bits per heavy atom. The zero-order chi connectivity index (χ0) is 17.6. The summed E-state index contributed by atoms with van der Waals surface area (Å²) >= 11 is 5.42. The van der Waals surface area contributed by atoms with Gasteiger partial charge in [0.05, 0.1) is 11.4 Å². The van der Waals surface area contributed by atoms with E-state index in [2.05, 4.69) is 16.6 Å². The molecule has 2 aromatic rings. The summed E-state index contributed by atoms with van der Waals surface area (Å²) in [5.41, 5.74) is 2.89. The van der Waals surface area contributed by atoms with Gasteiger partial charge in [0.1, 0.15) is 5.75 Å². The number of alkyl halides is 2. The highest BCUT2D eigenvalue weighted by Gasteiger charge is 2.28. The molecule has 8 heteroatoms. The molecule has 0 atom stereocenters. The number of rotatable bonds is 3. The molecular formula is C17H12F2N2O3S. The highest BCUT2D eigenvalue weighted by Crippen LogP contribution is 2.43. The van der Waals surface area contributed by atoms with Crippen LogP contribution in [0.3, 0.4) is 0 Å². The van der Waals surface area contributed by atoms with Crippen LogP contribution in [0.5, 0.6) is 17.2 Å². The molecular weight excluding hydrogens is 350 g/mol. The Balaban J connectivity index is 1.67. The fourth-order valence-corrected chi connectivity index (χ4v) is 3.07. The lowest BCUT2D eigenvalue weighted by Gasteiger charge is -2.33. The summed E-state index contributed by atoms with van der Waals surface area (Å²) in [6, 6.07) is 9.81. The number of nitrogens with one attached hydrogen (secondary N) is 1. The van der Waals surface area contributed by atoms with Crippen LogP contribution in [0.4, 0.5) is 20.2 Å². The van der Waals surface area contributed by atoms with Crippen molar-refractivity contribution in [3.63, 3.8) is 0 Å². The van der Waals surface area contributed by atoms with Crippen LogP contribution in [0.2, 0.25) is 0 Å². The topological polar surface area (TPSA) is 43.0 Å². The molecule has 5 nitrogen and oxygen atoms in total. The lowest BCUT2D eigenvalue weighted by Crippen LogP contribution is -2.37. The van der Waals surface area contributed by atoms with Gasteiger partial charge in [-0.25, -0.2) is 0 Å². The maximum atomic E-state index is 12.3. The van der Waals surface area contributed by atoms with Crippen molar-refractivity contribution in [1.82, 2.24) is 0 Å². The Labute approximate surface area is 147 Å². The Morgan fingerprint density at radius 1 is 1.16 bits per heavy atom. The van der Waals surface area contributed by atoms with Crippen LogP contribution >= 0.6 is 12.2 Å². The quantitative estimate of drug-likeness (QED) is 0.826. The van der Waals surface area contributed by atoms with Crippen molar-refractivity contribution in [2.45, 2.75) is 6.61 Å². The van der Waals surface area contributed by atoms with Gasteiger partial charge in [-0.1, -0.05) is 6.58 Å². The summed E-state index contributed by atoms with van der Waals surface area (Å²) in [6.07, 6.45) is 0. The number of halogens is 2. The van der Waals surface area contributed by atoms with Gasteiger partial charge in [0.25, 0.3) is 0 Å². The summed E-state index contributed by atoms with van der Waals surface area (Å²) in [5.74, 6) is 1.35. The van der Waals surface area contributed by atoms with Gasteiger partial charge in [0.15, 0.2) is 16.6 Å². The van der Waals surface area contributed by atoms with E-state index in [1.54, 1.807) is 17.0 Å². The second-order valence-electron chi connectivity index (χ2n) is 5.34. The monoisotopic (exact) mass is 362 g/mol. The van der Waals surface area contributed by atoms with Crippen molar-refractivity contribution in [3.8, 4) is 17.2 Å². The molecule has 0 unspecified atom stereocenters. The van der Waals surface area contributed by atoms with E-state index in [-0.39, 0.29) is 12.5 Å². The lowest BCUT2D eigenvalue weighted by molar-refractivity contribution is -0.0498. The Kier molecular flexibility index (Phi) is 3.69. The largest absolute Gasteiger partial charge is 0.454 e. The standard InChI is InChI=1S/C17H12F2N2O3S/c1-9-12-6-14-15(23-8-22-14)7-13(12)20-17(25)21(9)10-2-4-11(5-3-10)24-16(18)19/h2-7,16H,1,8H2,(H,20,25). The molecule has 2 aromatic carbocycles. The molecule has 0 saturated carbocycles. The Morgan fingerprint density at radius 2 is 1.84 bits per heavy atom. The number of thiocarbonyl (C=S) groups is 1. The highest BCUT2D eigenvalue weighted by atomic mass is 32.1. The molecule has 2 aliphatic rings. The number of benzene rings is 2. The van der Waals surface area contributed by atoms with Gasteiger partial charge in [-0.05, 0) is 42.5 Å². The molecule has 4 rings (SSSR count). The molecule has 128 valence electrons. The minimum atomic E-state index is -2.87. The average molecular weight is 362 g/mol. The van der Waals surface area contributed by atoms with Crippen molar-refractivity contribution in [1.29, 1.82) is 0 Å². The first kappa shape index (κ1) is 15.6. The maximum Gasteiger partial charge on any atom is 0.387 e. The molecule has 0 radical (unpaired) electrons. The number of hydrogen-bond acceptors (Lipinski definition) is 4. The lowest BCUT2D eigenvalue weighted by atomic mass is 10.1. The van der Waals surface area contributed by atoms with Crippen LogP contribution in [0.15, 0.2) is 43.0 Å². The molecule has 0 fully saturated rings. The third-order valence-electron chi connectivity index (χ3n) is 3.86. The first-order valence-electron chi connectivity index (χ1n) is 7.32. The van der Waals surface area contributed by atoms with E-state index in [9.17, 15) is 8.78 Å². The van der Waals surface area contributed by atoms with Crippen molar-refractivity contribution >= 4 is 34.4 Å². The maximum absolute atomic E-state index is 12.3. The summed E-state index contributed by atoms with van der Waals surface area (Å²) in [6.45, 7) is 1.42. The summed E-state index contributed by atoms with van der Waals surface area (Å²) in [4.78, 5) is 1.71. The fourth-order valence-electron chi connectivity index (χ4n) is 2.75. The van der Waals surface area contributed by atoms with Gasteiger partial charge in [0.2, 0.25) is 6.79 Å². The van der Waals surface area contributed by atoms with E-state index in [4.69, 9.17) is 21.7 Å². The van der Waals surface area contributed by atoms with Crippen LogP contribution in [0, 0.1) is 0 Å². The summed E-state index contributed by atoms with van der Waals surface area (Å²) in [7, 11) is 0. The number of hydrogen-bond donors (Lipinski definition) is 1. The minimum absolute atomic E-state index is 0.0732. The highest BCUT2D eigenvalue weighted by molar-refractivity contribution is 7.80. The van der Waals surface area contributed by atoms with Crippen LogP contribution in [-0.4, -0.2) is 18.5 Å². The first-order valence-corrected chi connectivity index (χ1v) is 7.72. The number of fused-ring (bicyclic) bond motifs is 2. The van der Waals surface area contributed by atoms with Crippen LogP contribution in [0.25, 0.3) is 5.70 Å². The fraction of sp³-hybridized carbons (Fsp3) is 0.118. The van der Waals surface area contributed by atoms with Crippen molar-refractivity contribution in [2.24, 2.45) is 0 Å². The summed E-state index contributed by atoms with van der Waals surface area (Å²) < 4.78 is 39.7. The third kappa shape index (κ3) is 2.74. The van der Waals surface area contributed by atoms with E-state index in [1.807, 2.05) is 12.1 Å². The van der Waals surface area contributed by atoms with Crippen LogP contribution < -0.4 is 24.4 Å². The molecule has 1 N–H and O–H groups in total. The van der Waals surface area contributed by atoms with E-state index in [1.165, 1.54) is 12.1 Å². The molecule has 0 aliphatic carbocycles. The van der Waals surface area contributed by atoms with Gasteiger partial charge in [-0.15, -0.1) is 0 Å². The van der Waals surface area contributed by atoms with Crippen molar-refractivity contribution in [2.75, 3.05) is 17.0 Å². The van der Waals surface area contributed by atoms with E-state index in [0.717, 1.165) is 11.3 Å². The molecule has 25 heavy (non-hydrogen) atoms. The molecule has 0 saturated heterocycles. The number of nitrogens with zero attached hydrogens (tertiary/aromatic N) is 1. The zero-order valence-corrected chi connectivity index (χ0v) is 13.6. The molecule has 0 spiro atoms. The van der Waals surface area contributed by atoms with Gasteiger partial charge < -0.3 is 19.5 Å². The molecule has 2 heterocycles. The molecule has 0 amide bonds. The molecule has 2 aliphatic heterocycles. The number of anilines is 2. The van der Waals surface area contributed by atoms with Crippen molar-refractivity contribution in [3.05, 3.63) is 48.5 Å². The SMILES string of the molecule is C=C1c2cc3c(cc2NC(=S)N1c1ccc(OC(F)F)cc1)OCO3. The van der Waals surface area contributed by atoms with E-state index >= 15 is 0 Å². The predicted molar refractivity (Wildman–Crippen MR) is 93.4 cm³/mol. The summed E-state index contributed by atoms with van der Waals surface area (Å²) in [5, 5.41) is 3.54. The van der Waals surface area contributed by atoms with Crippen LogP contribution in [-0.2, 0) is 0 Å². The first-order chi connectivity index (χ1) is 12.0. The third-order valence-corrected chi connectivity index (χ3v) is 4.14. The smallest absolute Gasteiger partial charge is 0.387 e. The Bertz CT molecular complexity index is 871. The zero-order valence-electron chi connectivity index (χ0n) is 12.8. The van der Waals surface area contributed by atoms with E-state index in [0.29, 0.717) is 28.0 Å². The second-order valence-corrected chi connectivity index (χ2v) is 5.72. The van der Waals surface area contributed by atoms with Crippen LogP contribution in [0.1, 0.15) is 5.56 Å². The average Bonchev–Trinajstić information content (AvgIpc) is 3.01. The predicted octanol–water partition coefficient (Wildman–Crippen LogP) is 4.20. The van der Waals surface area contributed by atoms with Gasteiger partial charge >= 0.3 is 6.61 Å². The minimum Gasteiger partial charge on any atom is -0.454 e. The Hall–Kier alpha value is -2.87. The molecule has 0 aromatic heterocycles. The van der Waals surface area contributed by atoms with Crippen molar-refractivity contribution < 1.29 is 23.0 Å². The van der Waals surface area contributed by atoms with Gasteiger partial charge in [0, 0.05) is 17.3 Å².